The second-order valence-corrected chi connectivity index (χ2v) is 18.6. The fourth-order valence-electron chi connectivity index (χ4n) is 7.71. The molecule has 2 N–H and O–H groups in total. The molecule has 0 saturated heterocycles. The van der Waals surface area contributed by atoms with Gasteiger partial charge < -0.3 is 28.9 Å². The van der Waals surface area contributed by atoms with Crippen molar-refractivity contribution in [2.45, 2.75) is 92.2 Å². The second kappa shape index (κ2) is 26.9. The van der Waals surface area contributed by atoms with Crippen molar-refractivity contribution in [2.75, 3.05) is 39.5 Å². The van der Waals surface area contributed by atoms with E-state index < -0.39 is 8.25 Å². The molecule has 2 aromatic heterocycles. The lowest BCUT2D eigenvalue weighted by Crippen LogP contribution is -2.16. The van der Waals surface area contributed by atoms with Crippen molar-refractivity contribution in [3.63, 3.8) is 0 Å². The van der Waals surface area contributed by atoms with Crippen LogP contribution in [0.15, 0.2) is 119 Å². The molecule has 0 radical (unpaired) electrons. The first-order valence-corrected chi connectivity index (χ1v) is 24.5. The van der Waals surface area contributed by atoms with Gasteiger partial charge in [0.25, 0.3) is 0 Å². The summed E-state index contributed by atoms with van der Waals surface area (Å²) in [5.41, 5.74) is 9.41. The lowest BCUT2D eigenvalue weighted by atomic mass is 10.00. The fraction of sp³-hybridized carbons (Fsp3) is 0.407. The third-order valence-corrected chi connectivity index (χ3v) is 11.8. The van der Waals surface area contributed by atoms with Gasteiger partial charge in [-0.3, -0.25) is 0 Å². The highest BCUT2D eigenvalue weighted by molar-refractivity contribution is 7.33. The van der Waals surface area contributed by atoms with Gasteiger partial charge in [-0.2, -0.15) is 0 Å². The Bertz CT molecular complexity index is 2210. The highest BCUT2D eigenvalue weighted by Gasteiger charge is 2.19. The molecule has 0 atom stereocenters. The standard InChI is InChI=1S/C54H66F2N2O7P/c1-39(2)29-45-15-11-41(33-51(45)55)9-5-23-62-53-17-13-43(31-49(53)47-19-27-60-37-47)35-57-21-7-25-64-66(59)65-26-8-22-58-36-44-14-18-54(50(32-44)48-20-28-61-38-48)63-24-6-10-42-12-16-46(30-40(3)4)52(56)34-42/h11-20,27-28,31-34,37-40,57-58H,5-10,21-26,29-30,35-36H2,1-4H3/q+1. The Hall–Kier alpha value is -5.16. The molecule has 6 rings (SSSR count). The zero-order chi connectivity index (χ0) is 46.5. The van der Waals surface area contributed by atoms with Crippen LogP contribution in [0.3, 0.4) is 0 Å². The maximum atomic E-state index is 14.6. The molecule has 12 heteroatoms. The Morgan fingerprint density at radius 2 is 0.985 bits per heavy atom. The number of ether oxygens (including phenoxy) is 2. The molecule has 0 fully saturated rings. The summed E-state index contributed by atoms with van der Waals surface area (Å²) in [6.45, 7) is 12.6. The summed E-state index contributed by atoms with van der Waals surface area (Å²) in [6, 6.07) is 27.2. The van der Waals surface area contributed by atoms with Crippen molar-refractivity contribution in [3.05, 3.63) is 155 Å². The van der Waals surface area contributed by atoms with Crippen LogP contribution in [0.25, 0.3) is 22.3 Å². The number of nitrogens with one attached hydrogen (secondary N) is 2. The van der Waals surface area contributed by atoms with Crippen molar-refractivity contribution < 1.29 is 40.7 Å². The number of halogens is 2. The maximum Gasteiger partial charge on any atom is 0.697 e. The van der Waals surface area contributed by atoms with Crippen molar-refractivity contribution in [1.82, 2.24) is 10.6 Å². The molecule has 0 bridgehead atoms. The zero-order valence-electron chi connectivity index (χ0n) is 38.9. The van der Waals surface area contributed by atoms with Gasteiger partial charge in [-0.05, 0) is 158 Å². The Morgan fingerprint density at radius 1 is 0.545 bits per heavy atom. The first kappa shape index (κ1) is 50.3. The Morgan fingerprint density at radius 3 is 1.38 bits per heavy atom. The number of hydrogen-bond acceptors (Lipinski definition) is 9. The Balaban J connectivity index is 0.831. The molecule has 6 aromatic rings. The largest absolute Gasteiger partial charge is 0.697 e. The summed E-state index contributed by atoms with van der Waals surface area (Å²) in [5, 5.41) is 6.87. The highest BCUT2D eigenvalue weighted by atomic mass is 31.1. The predicted octanol–water partition coefficient (Wildman–Crippen LogP) is 13.3. The van der Waals surface area contributed by atoms with Crippen molar-refractivity contribution in [2.24, 2.45) is 11.8 Å². The topological polar surface area (TPSA) is 104 Å². The third kappa shape index (κ3) is 16.6. The molecule has 352 valence electrons. The lowest BCUT2D eigenvalue weighted by Gasteiger charge is -2.13. The molecule has 0 unspecified atom stereocenters. The van der Waals surface area contributed by atoms with Gasteiger partial charge in [0.05, 0.1) is 38.3 Å². The van der Waals surface area contributed by atoms with Gasteiger partial charge in [0.2, 0.25) is 0 Å². The minimum Gasteiger partial charge on any atom is -0.493 e. The molecule has 0 spiro atoms. The molecule has 0 aliphatic rings. The molecule has 0 aliphatic heterocycles. The average Bonchev–Trinajstić information content (AvgIpc) is 4.05. The van der Waals surface area contributed by atoms with E-state index in [-0.39, 0.29) is 11.6 Å². The molecule has 0 amide bonds. The van der Waals surface area contributed by atoms with E-state index in [9.17, 15) is 13.3 Å². The smallest absolute Gasteiger partial charge is 0.493 e. The molecular formula is C54H66F2N2O7P+. The minimum absolute atomic E-state index is 0.130. The molecule has 2 heterocycles. The fourth-order valence-corrected chi connectivity index (χ4v) is 8.34. The van der Waals surface area contributed by atoms with E-state index in [1.54, 1.807) is 37.2 Å². The van der Waals surface area contributed by atoms with Crippen molar-refractivity contribution in [3.8, 4) is 33.8 Å². The van der Waals surface area contributed by atoms with Gasteiger partial charge in [0, 0.05) is 39.9 Å². The molecular weight excluding hydrogens is 858 g/mol. The summed E-state index contributed by atoms with van der Waals surface area (Å²) in [5.74, 6) is 2.10. The van der Waals surface area contributed by atoms with Crippen LogP contribution in [0.1, 0.15) is 86.8 Å². The van der Waals surface area contributed by atoms with E-state index in [0.717, 1.165) is 106 Å². The Kier molecular flexibility index (Phi) is 20.4. The molecule has 9 nitrogen and oxygen atoms in total. The third-order valence-electron chi connectivity index (χ3n) is 11.0. The van der Waals surface area contributed by atoms with Crippen LogP contribution in [-0.4, -0.2) is 39.5 Å². The van der Waals surface area contributed by atoms with Gasteiger partial charge in [-0.1, -0.05) is 64.1 Å². The number of furan rings is 2. The van der Waals surface area contributed by atoms with Crippen LogP contribution in [-0.2, 0) is 52.4 Å². The summed E-state index contributed by atoms with van der Waals surface area (Å²) in [4.78, 5) is 0. The van der Waals surface area contributed by atoms with Gasteiger partial charge in [0.1, 0.15) is 36.3 Å². The van der Waals surface area contributed by atoms with Gasteiger partial charge in [-0.15, -0.1) is 9.05 Å². The normalized spacial score (nSPS) is 11.5. The summed E-state index contributed by atoms with van der Waals surface area (Å²) >= 11 is 0. The van der Waals surface area contributed by atoms with Crippen LogP contribution in [0.5, 0.6) is 11.5 Å². The lowest BCUT2D eigenvalue weighted by molar-refractivity contribution is 0.220. The van der Waals surface area contributed by atoms with Crippen LogP contribution in [0.4, 0.5) is 8.78 Å². The predicted molar refractivity (Wildman–Crippen MR) is 258 cm³/mol. The number of benzene rings is 4. The number of aryl methyl sites for hydroxylation is 2. The SMILES string of the molecule is CC(C)Cc1ccc(CCCOc2ccc(CNCCCO[P+](=O)OCCCNCc3ccc(OCCCc4ccc(CC(C)C)c(F)c4)c(-c4ccoc4)c3)cc2-c2ccoc2)cc1F. The number of hydrogen-bond donors (Lipinski definition) is 2. The van der Waals surface area contributed by atoms with E-state index in [1.807, 2.05) is 60.7 Å². The van der Waals surface area contributed by atoms with Gasteiger partial charge in [0.15, 0.2) is 0 Å². The molecule has 0 aliphatic carbocycles. The van der Waals surface area contributed by atoms with Gasteiger partial charge in [-0.25, -0.2) is 8.78 Å². The summed E-state index contributed by atoms with van der Waals surface area (Å²) in [6.07, 6.45) is 12.5. The highest BCUT2D eigenvalue weighted by Crippen LogP contribution is 2.33. The van der Waals surface area contributed by atoms with E-state index >= 15 is 0 Å². The van der Waals surface area contributed by atoms with E-state index in [2.05, 4.69) is 50.5 Å². The second-order valence-electron chi connectivity index (χ2n) is 17.6. The number of rotatable bonds is 30. The molecule has 4 aromatic carbocycles. The van der Waals surface area contributed by atoms with Crippen LogP contribution >= 0.6 is 8.25 Å². The van der Waals surface area contributed by atoms with E-state index in [0.29, 0.717) is 77.3 Å². The Labute approximate surface area is 390 Å². The minimum atomic E-state index is -2.20. The van der Waals surface area contributed by atoms with Gasteiger partial charge >= 0.3 is 8.25 Å². The molecule has 0 saturated carbocycles. The van der Waals surface area contributed by atoms with Crippen molar-refractivity contribution in [1.29, 1.82) is 0 Å². The average molecular weight is 924 g/mol. The zero-order valence-corrected chi connectivity index (χ0v) is 39.8. The summed E-state index contributed by atoms with van der Waals surface area (Å²) < 4.78 is 75.5. The van der Waals surface area contributed by atoms with E-state index in [1.165, 1.54) is 0 Å². The van der Waals surface area contributed by atoms with Crippen LogP contribution < -0.4 is 20.1 Å². The monoisotopic (exact) mass is 923 g/mol. The van der Waals surface area contributed by atoms with Crippen LogP contribution in [0, 0.1) is 23.5 Å². The first-order valence-electron chi connectivity index (χ1n) is 23.4. The quantitative estimate of drug-likeness (QED) is 0.0337. The van der Waals surface area contributed by atoms with Crippen LogP contribution in [0.2, 0.25) is 0 Å². The molecule has 66 heavy (non-hydrogen) atoms. The first-order chi connectivity index (χ1) is 32.1. The van der Waals surface area contributed by atoms with Crippen molar-refractivity contribution >= 4 is 8.25 Å². The van der Waals surface area contributed by atoms with E-state index in [4.69, 9.17) is 27.4 Å². The maximum absolute atomic E-state index is 14.6. The summed E-state index contributed by atoms with van der Waals surface area (Å²) in [7, 11) is -2.20.